The molecule has 0 amide bonds. The number of esters is 2. The molecular weight excluding hydrogens is 462 g/mol. The summed E-state index contributed by atoms with van der Waals surface area (Å²) in [4.78, 5) is 28.1. The first-order valence-electron chi connectivity index (χ1n) is 9.86. The fraction of sp³-hybridized carbons (Fsp3) is 0.292. The Hall–Kier alpha value is -2.93. The Bertz CT molecular complexity index is 1080. The predicted molar refractivity (Wildman–Crippen MR) is 122 cm³/mol. The van der Waals surface area contributed by atoms with Crippen LogP contribution in [0.5, 0.6) is 11.5 Å². The minimum Gasteiger partial charge on any atom is -0.490 e. The fourth-order valence-corrected chi connectivity index (χ4v) is 3.52. The first kappa shape index (κ1) is 22.7. The van der Waals surface area contributed by atoms with E-state index in [9.17, 15) is 9.59 Å². The second kappa shape index (κ2) is 9.06. The SMILES string of the molecule is CCOc1cc(C=C2N=C(c3ccc(C(C)(C)C)cc3)OC2=O)cc(Br)c1OC(C)=O. The van der Waals surface area contributed by atoms with Crippen LogP contribution in [0.1, 0.15) is 51.3 Å². The number of cyclic esters (lactones) is 1. The molecule has 31 heavy (non-hydrogen) atoms. The van der Waals surface area contributed by atoms with Gasteiger partial charge in [0.05, 0.1) is 11.1 Å². The number of carbonyl (C=O) groups is 2. The Kier molecular flexibility index (Phi) is 6.65. The Morgan fingerprint density at radius 2 is 1.87 bits per heavy atom. The topological polar surface area (TPSA) is 74.2 Å². The van der Waals surface area contributed by atoms with E-state index < -0.39 is 11.9 Å². The van der Waals surface area contributed by atoms with Gasteiger partial charge in [-0.25, -0.2) is 9.79 Å². The zero-order chi connectivity index (χ0) is 22.8. The average molecular weight is 486 g/mol. The van der Waals surface area contributed by atoms with Gasteiger partial charge in [0.2, 0.25) is 5.90 Å². The summed E-state index contributed by atoms with van der Waals surface area (Å²) >= 11 is 3.39. The number of rotatable bonds is 5. The second-order valence-electron chi connectivity index (χ2n) is 8.02. The Balaban J connectivity index is 1.93. The fourth-order valence-electron chi connectivity index (χ4n) is 2.98. The van der Waals surface area contributed by atoms with Crippen molar-refractivity contribution in [2.45, 2.75) is 40.0 Å². The number of carbonyl (C=O) groups excluding carboxylic acids is 2. The average Bonchev–Trinajstić information content (AvgIpc) is 3.04. The van der Waals surface area contributed by atoms with E-state index in [0.29, 0.717) is 22.4 Å². The lowest BCUT2D eigenvalue weighted by molar-refractivity contribution is -0.132. The summed E-state index contributed by atoms with van der Waals surface area (Å²) in [6.07, 6.45) is 1.60. The summed E-state index contributed by atoms with van der Waals surface area (Å²) in [5.41, 5.74) is 2.75. The van der Waals surface area contributed by atoms with Crippen LogP contribution in [0.2, 0.25) is 0 Å². The van der Waals surface area contributed by atoms with Crippen molar-refractivity contribution in [3.05, 3.63) is 63.3 Å². The molecule has 6 nitrogen and oxygen atoms in total. The highest BCUT2D eigenvalue weighted by Crippen LogP contribution is 2.38. The Labute approximate surface area is 190 Å². The summed E-state index contributed by atoms with van der Waals surface area (Å²) in [6, 6.07) is 11.2. The third kappa shape index (κ3) is 5.41. The van der Waals surface area contributed by atoms with Gasteiger partial charge in [-0.2, -0.15) is 0 Å². The highest BCUT2D eigenvalue weighted by atomic mass is 79.9. The first-order valence-corrected chi connectivity index (χ1v) is 10.7. The van der Waals surface area contributed by atoms with Crippen LogP contribution >= 0.6 is 15.9 Å². The van der Waals surface area contributed by atoms with Gasteiger partial charge in [-0.1, -0.05) is 32.9 Å². The lowest BCUT2D eigenvalue weighted by Gasteiger charge is -2.18. The summed E-state index contributed by atoms with van der Waals surface area (Å²) in [5, 5.41) is 0. The molecule has 0 aliphatic carbocycles. The van der Waals surface area contributed by atoms with Crippen molar-refractivity contribution in [3.8, 4) is 11.5 Å². The van der Waals surface area contributed by atoms with Gasteiger partial charge in [-0.05, 0) is 69.7 Å². The molecule has 0 saturated carbocycles. The van der Waals surface area contributed by atoms with Gasteiger partial charge in [0.1, 0.15) is 0 Å². The molecule has 1 aliphatic rings. The van der Waals surface area contributed by atoms with Gasteiger partial charge in [-0.15, -0.1) is 0 Å². The van der Waals surface area contributed by atoms with E-state index >= 15 is 0 Å². The van der Waals surface area contributed by atoms with E-state index in [1.807, 2.05) is 31.2 Å². The zero-order valence-corrected chi connectivity index (χ0v) is 19.7. The van der Waals surface area contributed by atoms with Gasteiger partial charge in [0, 0.05) is 12.5 Å². The molecule has 162 valence electrons. The molecular formula is C24H24BrNO5. The highest BCUT2D eigenvalue weighted by molar-refractivity contribution is 9.10. The summed E-state index contributed by atoms with van der Waals surface area (Å²) in [7, 11) is 0. The highest BCUT2D eigenvalue weighted by Gasteiger charge is 2.25. The van der Waals surface area contributed by atoms with E-state index in [2.05, 4.69) is 41.7 Å². The molecule has 3 rings (SSSR count). The van der Waals surface area contributed by atoms with Crippen LogP contribution in [0.15, 0.2) is 51.6 Å². The molecule has 7 heteroatoms. The number of hydrogen-bond donors (Lipinski definition) is 0. The van der Waals surface area contributed by atoms with E-state index in [-0.39, 0.29) is 22.8 Å². The Morgan fingerprint density at radius 1 is 1.19 bits per heavy atom. The first-order chi connectivity index (χ1) is 14.6. The lowest BCUT2D eigenvalue weighted by Crippen LogP contribution is -2.11. The number of nitrogens with zero attached hydrogens (tertiary/aromatic N) is 1. The quantitative estimate of drug-likeness (QED) is 0.321. The standard InChI is InChI=1S/C24H24BrNO5/c1-6-29-20-13-15(11-18(25)21(20)30-14(2)27)12-19-23(28)31-22(26-19)16-7-9-17(10-8-16)24(3,4)5/h7-13H,6H2,1-5H3. The minimum absolute atomic E-state index is 0.0294. The van der Waals surface area contributed by atoms with Crippen molar-refractivity contribution in [3.63, 3.8) is 0 Å². The van der Waals surface area contributed by atoms with Crippen LogP contribution in [0, 0.1) is 0 Å². The summed E-state index contributed by atoms with van der Waals surface area (Å²) in [5.74, 6) is -0.0647. The predicted octanol–water partition coefficient (Wildman–Crippen LogP) is 5.42. The van der Waals surface area contributed by atoms with Crippen molar-refractivity contribution < 1.29 is 23.8 Å². The number of hydrogen-bond acceptors (Lipinski definition) is 6. The maximum Gasteiger partial charge on any atom is 0.363 e. The minimum atomic E-state index is -0.534. The maximum absolute atomic E-state index is 12.4. The smallest absolute Gasteiger partial charge is 0.363 e. The molecule has 1 aliphatic heterocycles. The largest absolute Gasteiger partial charge is 0.490 e. The van der Waals surface area contributed by atoms with Gasteiger partial charge >= 0.3 is 11.9 Å². The summed E-state index contributed by atoms with van der Waals surface area (Å²) < 4.78 is 16.7. The number of halogens is 1. The molecule has 0 saturated heterocycles. The molecule has 0 N–H and O–H groups in total. The molecule has 0 atom stereocenters. The molecule has 0 radical (unpaired) electrons. The Morgan fingerprint density at radius 3 is 2.45 bits per heavy atom. The van der Waals surface area contributed by atoms with Crippen molar-refractivity contribution in [1.82, 2.24) is 0 Å². The van der Waals surface area contributed by atoms with Crippen molar-refractivity contribution in [2.75, 3.05) is 6.61 Å². The molecule has 0 bridgehead atoms. The van der Waals surface area contributed by atoms with Gasteiger partial charge in [0.15, 0.2) is 17.2 Å². The van der Waals surface area contributed by atoms with Crippen LogP contribution in [-0.2, 0) is 19.7 Å². The van der Waals surface area contributed by atoms with Crippen molar-refractivity contribution >= 4 is 39.8 Å². The molecule has 0 fully saturated rings. The molecule has 2 aromatic carbocycles. The van der Waals surface area contributed by atoms with Crippen LogP contribution < -0.4 is 9.47 Å². The number of ether oxygens (including phenoxy) is 3. The van der Waals surface area contributed by atoms with Gasteiger partial charge in [0.25, 0.3) is 0 Å². The van der Waals surface area contributed by atoms with Crippen LogP contribution in [-0.4, -0.2) is 24.4 Å². The monoisotopic (exact) mass is 485 g/mol. The van der Waals surface area contributed by atoms with Crippen LogP contribution in [0.25, 0.3) is 6.08 Å². The van der Waals surface area contributed by atoms with Gasteiger partial charge < -0.3 is 14.2 Å². The summed E-state index contributed by atoms with van der Waals surface area (Å²) in [6.45, 7) is 9.94. The number of benzene rings is 2. The van der Waals surface area contributed by atoms with Crippen molar-refractivity contribution in [1.29, 1.82) is 0 Å². The van der Waals surface area contributed by atoms with Gasteiger partial charge in [-0.3, -0.25) is 4.79 Å². The molecule has 2 aromatic rings. The zero-order valence-electron chi connectivity index (χ0n) is 18.1. The van der Waals surface area contributed by atoms with Crippen LogP contribution in [0.3, 0.4) is 0 Å². The van der Waals surface area contributed by atoms with E-state index in [1.54, 1.807) is 18.2 Å². The molecule has 0 unspecified atom stereocenters. The third-order valence-corrected chi connectivity index (χ3v) is 5.09. The molecule has 1 heterocycles. The number of aliphatic imine (C=N–C) groups is 1. The normalized spacial score (nSPS) is 15.0. The van der Waals surface area contributed by atoms with E-state index in [1.165, 1.54) is 12.5 Å². The van der Waals surface area contributed by atoms with E-state index in [0.717, 1.165) is 5.56 Å². The maximum atomic E-state index is 12.4. The molecule has 0 aromatic heterocycles. The van der Waals surface area contributed by atoms with Crippen molar-refractivity contribution in [2.24, 2.45) is 4.99 Å². The lowest BCUT2D eigenvalue weighted by atomic mass is 9.87. The van der Waals surface area contributed by atoms with E-state index in [4.69, 9.17) is 14.2 Å². The van der Waals surface area contributed by atoms with Crippen LogP contribution in [0.4, 0.5) is 0 Å². The third-order valence-electron chi connectivity index (χ3n) is 4.50. The molecule has 0 spiro atoms. The second-order valence-corrected chi connectivity index (χ2v) is 8.87.